The second kappa shape index (κ2) is 6.86. The van der Waals surface area contributed by atoms with Gasteiger partial charge in [0.05, 0.1) is 0 Å². The zero-order valence-electron chi connectivity index (χ0n) is 9.59. The third kappa shape index (κ3) is 5.72. The topological polar surface area (TPSA) is 67.4 Å². The quantitative estimate of drug-likeness (QED) is 0.552. The summed E-state index contributed by atoms with van der Waals surface area (Å²) in [6.45, 7) is 7.13. The van der Waals surface area contributed by atoms with Crippen LogP contribution in [-0.2, 0) is 9.63 Å². The molecule has 0 aliphatic rings. The average Bonchev–Trinajstić information content (AvgIpc) is 2.24. The molecule has 5 heteroatoms. The summed E-state index contributed by atoms with van der Waals surface area (Å²) in [6.07, 6.45) is 2.42. The lowest BCUT2D eigenvalue weighted by Gasteiger charge is -2.11. The Bertz CT molecular complexity index is 261. The van der Waals surface area contributed by atoms with Gasteiger partial charge in [0.15, 0.2) is 0 Å². The number of carbonyl (C=O) groups excluding carboxylic acids is 2. The molecule has 2 amide bonds. The SMILES string of the molecule is C/C=C(\C)C(=O)ONC(=O)NC(C)CC. The van der Waals surface area contributed by atoms with Crippen LogP contribution in [-0.4, -0.2) is 18.0 Å². The first kappa shape index (κ1) is 13.5. The summed E-state index contributed by atoms with van der Waals surface area (Å²) < 4.78 is 0. The van der Waals surface area contributed by atoms with E-state index < -0.39 is 12.0 Å². The lowest BCUT2D eigenvalue weighted by molar-refractivity contribution is -0.143. The van der Waals surface area contributed by atoms with E-state index in [1.807, 2.05) is 19.3 Å². The first-order valence-corrected chi connectivity index (χ1v) is 4.91. The number of carbonyl (C=O) groups is 2. The number of rotatable bonds is 3. The number of urea groups is 1. The van der Waals surface area contributed by atoms with Crippen LogP contribution in [0.25, 0.3) is 0 Å². The Hall–Kier alpha value is -1.52. The molecule has 1 unspecified atom stereocenters. The molecule has 15 heavy (non-hydrogen) atoms. The van der Waals surface area contributed by atoms with Crippen LogP contribution in [0.15, 0.2) is 11.6 Å². The largest absolute Gasteiger partial charge is 0.358 e. The van der Waals surface area contributed by atoms with Gasteiger partial charge in [0.2, 0.25) is 0 Å². The van der Waals surface area contributed by atoms with Crippen molar-refractivity contribution in [1.82, 2.24) is 10.8 Å². The molecule has 0 aromatic carbocycles. The number of amides is 2. The zero-order valence-corrected chi connectivity index (χ0v) is 9.59. The van der Waals surface area contributed by atoms with Crippen molar-refractivity contribution in [1.29, 1.82) is 0 Å². The van der Waals surface area contributed by atoms with E-state index in [2.05, 4.69) is 10.2 Å². The molecule has 86 valence electrons. The minimum Gasteiger partial charge on any atom is -0.334 e. The zero-order chi connectivity index (χ0) is 11.8. The molecular formula is C10H18N2O3. The summed E-state index contributed by atoms with van der Waals surface area (Å²) in [5.41, 5.74) is 2.47. The highest BCUT2D eigenvalue weighted by Crippen LogP contribution is 1.93. The van der Waals surface area contributed by atoms with Crippen molar-refractivity contribution in [2.75, 3.05) is 0 Å². The molecule has 0 bridgehead atoms. The second-order valence-electron chi connectivity index (χ2n) is 3.25. The highest BCUT2D eigenvalue weighted by Gasteiger charge is 2.09. The molecule has 0 saturated heterocycles. The van der Waals surface area contributed by atoms with E-state index >= 15 is 0 Å². The Kier molecular flexibility index (Phi) is 6.17. The van der Waals surface area contributed by atoms with Gasteiger partial charge in [-0.1, -0.05) is 13.0 Å². The van der Waals surface area contributed by atoms with Crippen molar-refractivity contribution in [2.24, 2.45) is 0 Å². The van der Waals surface area contributed by atoms with E-state index in [4.69, 9.17) is 0 Å². The van der Waals surface area contributed by atoms with E-state index in [1.165, 1.54) is 0 Å². The van der Waals surface area contributed by atoms with Gasteiger partial charge in [0.1, 0.15) is 0 Å². The predicted octanol–water partition coefficient (Wildman–Crippen LogP) is 1.51. The molecule has 2 N–H and O–H groups in total. The van der Waals surface area contributed by atoms with Gasteiger partial charge in [-0.2, -0.15) is 5.48 Å². The third-order valence-electron chi connectivity index (χ3n) is 1.98. The molecular weight excluding hydrogens is 196 g/mol. The van der Waals surface area contributed by atoms with Crippen LogP contribution >= 0.6 is 0 Å². The number of hydrogen-bond donors (Lipinski definition) is 2. The molecule has 0 radical (unpaired) electrons. The van der Waals surface area contributed by atoms with Crippen LogP contribution in [0.1, 0.15) is 34.1 Å². The first-order chi connectivity index (χ1) is 7.01. The molecule has 0 aromatic rings. The Labute approximate surface area is 89.8 Å². The fraction of sp³-hybridized carbons (Fsp3) is 0.600. The molecule has 0 saturated carbocycles. The molecule has 0 heterocycles. The van der Waals surface area contributed by atoms with E-state index in [0.717, 1.165) is 6.42 Å². The third-order valence-corrected chi connectivity index (χ3v) is 1.98. The molecule has 0 aliphatic heterocycles. The van der Waals surface area contributed by atoms with Gasteiger partial charge in [0, 0.05) is 11.6 Å². The monoisotopic (exact) mass is 214 g/mol. The van der Waals surface area contributed by atoms with Crippen LogP contribution in [0.3, 0.4) is 0 Å². The van der Waals surface area contributed by atoms with Crippen molar-refractivity contribution in [2.45, 2.75) is 40.2 Å². The minimum absolute atomic E-state index is 0.0477. The van der Waals surface area contributed by atoms with Gasteiger partial charge in [-0.05, 0) is 27.2 Å². The standard InChI is InChI=1S/C10H18N2O3/c1-5-7(3)9(13)15-12-10(14)11-8(4)6-2/h5,8H,6H2,1-4H3,(H2,11,12,14)/b7-5+. The van der Waals surface area contributed by atoms with Gasteiger partial charge >= 0.3 is 12.0 Å². The molecule has 0 fully saturated rings. The van der Waals surface area contributed by atoms with Gasteiger partial charge in [0.25, 0.3) is 0 Å². The predicted molar refractivity (Wildman–Crippen MR) is 56.9 cm³/mol. The molecule has 0 rings (SSSR count). The number of nitrogens with one attached hydrogen (secondary N) is 2. The number of hydrogen-bond acceptors (Lipinski definition) is 3. The summed E-state index contributed by atoms with van der Waals surface area (Å²) in [5.74, 6) is -0.559. The van der Waals surface area contributed by atoms with Crippen LogP contribution in [0.2, 0.25) is 0 Å². The first-order valence-electron chi connectivity index (χ1n) is 4.91. The van der Waals surface area contributed by atoms with Crippen molar-refractivity contribution in [3.63, 3.8) is 0 Å². The highest BCUT2D eigenvalue weighted by molar-refractivity contribution is 5.88. The van der Waals surface area contributed by atoms with Crippen LogP contribution < -0.4 is 10.8 Å². The van der Waals surface area contributed by atoms with E-state index in [0.29, 0.717) is 5.57 Å². The lowest BCUT2D eigenvalue weighted by Crippen LogP contribution is -2.41. The maximum atomic E-state index is 11.1. The van der Waals surface area contributed by atoms with Crippen LogP contribution in [0, 0.1) is 0 Å². The second-order valence-corrected chi connectivity index (χ2v) is 3.25. The molecule has 0 aliphatic carbocycles. The van der Waals surface area contributed by atoms with Crippen molar-refractivity contribution >= 4 is 12.0 Å². The Morgan fingerprint density at radius 3 is 2.53 bits per heavy atom. The van der Waals surface area contributed by atoms with E-state index in [-0.39, 0.29) is 6.04 Å². The van der Waals surface area contributed by atoms with Crippen molar-refractivity contribution < 1.29 is 14.4 Å². The maximum Gasteiger partial charge on any atom is 0.358 e. The summed E-state index contributed by atoms with van der Waals surface area (Å²) in [4.78, 5) is 26.7. The average molecular weight is 214 g/mol. The summed E-state index contributed by atoms with van der Waals surface area (Å²) in [6, 6.07) is -0.465. The van der Waals surface area contributed by atoms with Gasteiger partial charge < -0.3 is 10.2 Å². The van der Waals surface area contributed by atoms with Crippen LogP contribution in [0.4, 0.5) is 4.79 Å². The number of hydroxylamine groups is 1. The van der Waals surface area contributed by atoms with Crippen molar-refractivity contribution in [3.05, 3.63) is 11.6 Å². The fourth-order valence-electron chi connectivity index (χ4n) is 0.646. The summed E-state index contributed by atoms with van der Waals surface area (Å²) in [5, 5.41) is 2.60. The molecule has 1 atom stereocenters. The molecule has 0 spiro atoms. The Morgan fingerprint density at radius 1 is 1.47 bits per heavy atom. The molecule has 5 nitrogen and oxygen atoms in total. The Morgan fingerprint density at radius 2 is 2.07 bits per heavy atom. The Balaban J connectivity index is 3.86. The van der Waals surface area contributed by atoms with Gasteiger partial charge in [-0.25, -0.2) is 9.59 Å². The van der Waals surface area contributed by atoms with Gasteiger partial charge in [-0.15, -0.1) is 0 Å². The highest BCUT2D eigenvalue weighted by atomic mass is 16.7. The van der Waals surface area contributed by atoms with E-state index in [1.54, 1.807) is 19.9 Å². The van der Waals surface area contributed by atoms with Crippen LogP contribution in [0.5, 0.6) is 0 Å². The molecule has 0 aromatic heterocycles. The minimum atomic E-state index is -0.559. The number of allylic oxidation sites excluding steroid dienone is 1. The van der Waals surface area contributed by atoms with E-state index in [9.17, 15) is 9.59 Å². The normalized spacial score (nSPS) is 12.9. The smallest absolute Gasteiger partial charge is 0.334 e. The van der Waals surface area contributed by atoms with Gasteiger partial charge in [-0.3, -0.25) is 0 Å². The lowest BCUT2D eigenvalue weighted by atomic mass is 10.3. The maximum absolute atomic E-state index is 11.1. The fourth-order valence-corrected chi connectivity index (χ4v) is 0.646. The van der Waals surface area contributed by atoms with Crippen molar-refractivity contribution in [3.8, 4) is 0 Å². The summed E-state index contributed by atoms with van der Waals surface area (Å²) >= 11 is 0. The summed E-state index contributed by atoms with van der Waals surface area (Å²) in [7, 11) is 0.